The molecular weight excluding hydrogens is 250 g/mol. The Morgan fingerprint density at radius 2 is 2.10 bits per heavy atom. The molecule has 3 aromatic rings. The molecule has 1 unspecified atom stereocenters. The molecule has 0 aliphatic rings. The number of hydrogen-bond donors (Lipinski definition) is 2. The van der Waals surface area contributed by atoms with Gasteiger partial charge >= 0.3 is 0 Å². The van der Waals surface area contributed by atoms with Gasteiger partial charge in [0.05, 0.1) is 22.9 Å². The van der Waals surface area contributed by atoms with Crippen molar-refractivity contribution in [3.8, 4) is 0 Å². The van der Waals surface area contributed by atoms with Crippen molar-refractivity contribution in [2.45, 2.75) is 13.0 Å². The first-order chi connectivity index (χ1) is 9.69. The Morgan fingerprint density at radius 1 is 1.25 bits per heavy atom. The van der Waals surface area contributed by atoms with E-state index in [4.69, 9.17) is 5.84 Å². The molecular formula is C15H17N5. The number of benzene rings is 1. The maximum absolute atomic E-state index is 5.75. The van der Waals surface area contributed by atoms with E-state index in [0.29, 0.717) is 0 Å². The molecule has 3 rings (SSSR count). The highest BCUT2D eigenvalue weighted by atomic mass is 15.3. The molecule has 0 fully saturated rings. The summed E-state index contributed by atoms with van der Waals surface area (Å²) >= 11 is 0. The minimum absolute atomic E-state index is 0.0918. The van der Waals surface area contributed by atoms with Crippen LogP contribution in [0.25, 0.3) is 10.9 Å². The molecule has 0 radical (unpaired) electrons. The third-order valence-corrected chi connectivity index (χ3v) is 3.46. The van der Waals surface area contributed by atoms with Crippen LogP contribution in [-0.2, 0) is 7.05 Å². The average molecular weight is 267 g/mol. The number of nitrogens with zero attached hydrogens (tertiary/aromatic N) is 3. The Hall–Kier alpha value is -2.24. The van der Waals surface area contributed by atoms with Gasteiger partial charge in [0.25, 0.3) is 0 Å². The molecule has 0 aliphatic carbocycles. The molecule has 1 aromatic carbocycles. The van der Waals surface area contributed by atoms with E-state index in [9.17, 15) is 0 Å². The van der Waals surface area contributed by atoms with Gasteiger partial charge in [0.15, 0.2) is 0 Å². The molecule has 1 atom stereocenters. The highest BCUT2D eigenvalue weighted by molar-refractivity contribution is 5.79. The zero-order valence-electron chi connectivity index (χ0n) is 11.5. The number of nitrogens with two attached hydrogens (primary N) is 1. The first-order valence-electron chi connectivity index (χ1n) is 6.50. The lowest BCUT2D eigenvalue weighted by Crippen LogP contribution is -2.30. The number of rotatable bonds is 3. The monoisotopic (exact) mass is 267 g/mol. The molecule has 0 saturated carbocycles. The van der Waals surface area contributed by atoms with Crippen molar-refractivity contribution >= 4 is 10.9 Å². The van der Waals surface area contributed by atoms with Crippen molar-refractivity contribution in [2.75, 3.05) is 0 Å². The predicted molar refractivity (Wildman–Crippen MR) is 78.9 cm³/mol. The van der Waals surface area contributed by atoms with Crippen molar-refractivity contribution in [1.82, 2.24) is 20.2 Å². The minimum Gasteiger partial charge on any atom is -0.271 e. The van der Waals surface area contributed by atoms with E-state index in [1.165, 1.54) is 0 Å². The number of aryl methyl sites for hydroxylation is 2. The van der Waals surface area contributed by atoms with Crippen molar-refractivity contribution in [2.24, 2.45) is 12.9 Å². The highest BCUT2D eigenvalue weighted by Crippen LogP contribution is 2.24. The van der Waals surface area contributed by atoms with Crippen molar-refractivity contribution < 1.29 is 0 Å². The van der Waals surface area contributed by atoms with Gasteiger partial charge in [-0.05, 0) is 36.8 Å². The van der Waals surface area contributed by atoms with Crippen LogP contribution in [0, 0.1) is 6.92 Å². The summed E-state index contributed by atoms with van der Waals surface area (Å²) in [5, 5.41) is 5.48. The maximum atomic E-state index is 5.75. The molecule has 0 saturated heterocycles. The smallest absolute Gasteiger partial charge is 0.0878 e. The molecule has 20 heavy (non-hydrogen) atoms. The summed E-state index contributed by atoms with van der Waals surface area (Å²) < 4.78 is 1.85. The van der Waals surface area contributed by atoms with Gasteiger partial charge in [-0.15, -0.1) is 0 Å². The summed E-state index contributed by atoms with van der Waals surface area (Å²) in [5.74, 6) is 5.75. The fourth-order valence-corrected chi connectivity index (χ4v) is 2.53. The van der Waals surface area contributed by atoms with E-state index in [-0.39, 0.29) is 6.04 Å². The molecule has 5 heteroatoms. The summed E-state index contributed by atoms with van der Waals surface area (Å²) in [6.07, 6.45) is 1.80. The molecule has 3 N–H and O–H groups in total. The maximum Gasteiger partial charge on any atom is 0.0878 e. The quantitative estimate of drug-likeness (QED) is 0.561. The van der Waals surface area contributed by atoms with E-state index in [2.05, 4.69) is 21.6 Å². The van der Waals surface area contributed by atoms with Gasteiger partial charge in [-0.1, -0.05) is 12.1 Å². The number of hydrazine groups is 1. The second-order valence-corrected chi connectivity index (χ2v) is 4.89. The van der Waals surface area contributed by atoms with E-state index in [0.717, 1.165) is 27.9 Å². The number of nitrogens with one attached hydrogen (secondary N) is 1. The minimum atomic E-state index is -0.0918. The van der Waals surface area contributed by atoms with Gasteiger partial charge in [-0.25, -0.2) is 5.43 Å². The highest BCUT2D eigenvalue weighted by Gasteiger charge is 2.17. The third kappa shape index (κ3) is 2.17. The normalized spacial score (nSPS) is 12.8. The fourth-order valence-electron chi connectivity index (χ4n) is 2.53. The van der Waals surface area contributed by atoms with Crippen LogP contribution in [0.3, 0.4) is 0 Å². The average Bonchev–Trinajstić information content (AvgIpc) is 2.78. The van der Waals surface area contributed by atoms with Crippen LogP contribution in [-0.4, -0.2) is 14.8 Å². The van der Waals surface area contributed by atoms with E-state index in [1.54, 1.807) is 6.20 Å². The summed E-state index contributed by atoms with van der Waals surface area (Å²) in [7, 11) is 1.93. The summed E-state index contributed by atoms with van der Waals surface area (Å²) in [5.41, 5.74) is 6.96. The van der Waals surface area contributed by atoms with Gasteiger partial charge in [0, 0.05) is 18.6 Å². The molecule has 0 amide bonds. The summed E-state index contributed by atoms with van der Waals surface area (Å²) in [4.78, 5) is 4.33. The Kier molecular flexibility index (Phi) is 3.22. The van der Waals surface area contributed by atoms with Gasteiger partial charge < -0.3 is 0 Å². The van der Waals surface area contributed by atoms with E-state index in [1.807, 2.05) is 49.0 Å². The molecule has 2 aromatic heterocycles. The van der Waals surface area contributed by atoms with Gasteiger partial charge in [-0.3, -0.25) is 15.5 Å². The summed E-state index contributed by atoms with van der Waals surface area (Å²) in [6, 6.07) is 12.1. The van der Waals surface area contributed by atoms with Gasteiger partial charge in [0.1, 0.15) is 0 Å². The largest absolute Gasteiger partial charge is 0.271 e. The topological polar surface area (TPSA) is 68.8 Å². The molecule has 0 bridgehead atoms. The van der Waals surface area contributed by atoms with Gasteiger partial charge in [0.2, 0.25) is 0 Å². The number of aromatic nitrogens is 3. The molecule has 102 valence electrons. The second-order valence-electron chi connectivity index (χ2n) is 4.89. The lowest BCUT2D eigenvalue weighted by Gasteiger charge is -2.17. The Labute approximate surface area is 117 Å². The van der Waals surface area contributed by atoms with Crippen LogP contribution in [0.5, 0.6) is 0 Å². The Morgan fingerprint density at radius 3 is 2.80 bits per heavy atom. The number of fused-ring (bicyclic) bond motifs is 1. The van der Waals surface area contributed by atoms with Crippen LogP contribution < -0.4 is 11.3 Å². The Bertz CT molecular complexity index is 747. The number of hydrogen-bond acceptors (Lipinski definition) is 4. The van der Waals surface area contributed by atoms with Gasteiger partial charge in [-0.2, -0.15) is 5.10 Å². The molecule has 0 aliphatic heterocycles. The van der Waals surface area contributed by atoms with Crippen LogP contribution in [0.4, 0.5) is 0 Å². The molecule has 5 nitrogen and oxygen atoms in total. The zero-order valence-corrected chi connectivity index (χ0v) is 11.5. The van der Waals surface area contributed by atoms with Crippen LogP contribution >= 0.6 is 0 Å². The summed E-state index contributed by atoms with van der Waals surface area (Å²) in [6.45, 7) is 1.97. The van der Waals surface area contributed by atoms with Crippen LogP contribution in [0.15, 0.2) is 42.6 Å². The first kappa shape index (κ1) is 12.8. The Balaban J connectivity index is 2.09. The van der Waals surface area contributed by atoms with E-state index < -0.39 is 0 Å². The van der Waals surface area contributed by atoms with Crippen LogP contribution in [0.1, 0.15) is 23.0 Å². The first-order valence-corrected chi connectivity index (χ1v) is 6.50. The van der Waals surface area contributed by atoms with Crippen molar-refractivity contribution in [3.05, 3.63) is 59.5 Å². The van der Waals surface area contributed by atoms with Crippen molar-refractivity contribution in [3.63, 3.8) is 0 Å². The third-order valence-electron chi connectivity index (χ3n) is 3.46. The SMILES string of the molecule is Cc1cc(C(NN)c2ccc3ncccc3c2)n(C)n1. The lowest BCUT2D eigenvalue weighted by atomic mass is 10.0. The lowest BCUT2D eigenvalue weighted by molar-refractivity contribution is 0.574. The van der Waals surface area contributed by atoms with Crippen LogP contribution in [0.2, 0.25) is 0 Å². The second kappa shape index (κ2) is 5.03. The standard InChI is InChI=1S/C15H17N5/c1-10-8-14(20(2)19-10)15(18-16)12-5-6-13-11(9-12)4-3-7-17-13/h3-9,15,18H,16H2,1-2H3. The number of pyridine rings is 1. The molecule has 2 heterocycles. The van der Waals surface area contributed by atoms with Crippen molar-refractivity contribution in [1.29, 1.82) is 0 Å². The molecule has 0 spiro atoms. The predicted octanol–water partition coefficient (Wildman–Crippen LogP) is 1.83. The zero-order chi connectivity index (χ0) is 14.1. The van der Waals surface area contributed by atoms with E-state index >= 15 is 0 Å². The fraction of sp³-hybridized carbons (Fsp3) is 0.200.